The number of fused-ring (bicyclic) bond motifs is 2. The van der Waals surface area contributed by atoms with Gasteiger partial charge < -0.3 is 35.5 Å². The minimum atomic E-state index is -1.07. The van der Waals surface area contributed by atoms with E-state index in [-0.39, 0.29) is 74.5 Å². The quantitative estimate of drug-likeness (QED) is 0.292. The molecule has 2 atom stereocenters. The molecular weight excluding hydrogens is 631 g/mol. The van der Waals surface area contributed by atoms with Gasteiger partial charge in [0.05, 0.1) is 30.3 Å². The number of benzene rings is 3. The molecule has 4 rings (SSSR count). The number of para-hydroxylation sites is 1. The lowest BCUT2D eigenvalue weighted by Crippen LogP contribution is -2.48. The number of carbonyl (C=O) groups excluding carboxylic acids is 4. The molecule has 0 unspecified atom stereocenters. The van der Waals surface area contributed by atoms with Crippen LogP contribution in [0.25, 0.3) is 0 Å². The lowest BCUT2D eigenvalue weighted by atomic mass is 10.0. The maximum atomic E-state index is 13.4. The Balaban J connectivity index is 1.51. The topological polar surface area (TPSA) is 144 Å². The van der Waals surface area contributed by atoms with Gasteiger partial charge in [-0.1, -0.05) is 37.6 Å². The summed E-state index contributed by atoms with van der Waals surface area (Å²) < 4.78 is 30.5. The molecule has 0 fully saturated rings. The van der Waals surface area contributed by atoms with Gasteiger partial charge in [-0.3, -0.25) is 19.2 Å². The monoisotopic (exact) mass is 668 g/mol. The third-order valence-electron chi connectivity index (χ3n) is 7.30. The van der Waals surface area contributed by atoms with E-state index in [1.165, 1.54) is 30.3 Å². The molecule has 4 N–H and O–H groups in total. The smallest absolute Gasteiger partial charge is 0.255 e. The van der Waals surface area contributed by atoms with Gasteiger partial charge >= 0.3 is 0 Å². The standard InChI is InChI=1S/C34H38ClFN4O7/c1-21(2)28-20-47-30-13-7-22(35)19-26(30)32(42)37-16-18-46-29-6-4-3-5-25(29)33(43)40-27(12-14-31(41)39-28)34(44)38-15-17-45-24-10-8-23(36)9-11-24/h3-11,13,19,21,27-28H,12,14-18,20H2,1-2H3,(H,37,42)(H,38,44)(H,39,41)(H,40,43)/t27-,28-/m0/s1. The zero-order valence-corrected chi connectivity index (χ0v) is 26.9. The molecule has 1 heterocycles. The van der Waals surface area contributed by atoms with Crippen LogP contribution in [0.3, 0.4) is 0 Å². The molecule has 0 saturated carbocycles. The van der Waals surface area contributed by atoms with Crippen LogP contribution < -0.4 is 35.5 Å². The fraction of sp³-hybridized carbons (Fsp3) is 0.353. The molecule has 0 radical (unpaired) electrons. The summed E-state index contributed by atoms with van der Waals surface area (Å²) in [6.07, 6.45) is -0.0862. The SMILES string of the molecule is CC(C)[C@@H]1COc2ccc(Cl)cc2C(=O)NCCOc2ccccc2C(=O)N[C@H](C(=O)NCCOc2ccc(F)cc2)CCC(=O)N1. The zero-order chi connectivity index (χ0) is 33.8. The first-order chi connectivity index (χ1) is 22.6. The van der Waals surface area contributed by atoms with Crippen molar-refractivity contribution in [2.24, 2.45) is 5.92 Å². The summed E-state index contributed by atoms with van der Waals surface area (Å²) in [5, 5.41) is 11.5. The van der Waals surface area contributed by atoms with Crippen LogP contribution in [0.2, 0.25) is 5.02 Å². The Morgan fingerprint density at radius 1 is 0.979 bits per heavy atom. The van der Waals surface area contributed by atoms with Crippen LogP contribution in [-0.2, 0) is 9.59 Å². The Kier molecular flexibility index (Phi) is 12.8. The molecule has 47 heavy (non-hydrogen) atoms. The van der Waals surface area contributed by atoms with Crippen LogP contribution in [0.15, 0.2) is 66.7 Å². The molecule has 0 saturated heterocycles. The molecule has 0 spiro atoms. The molecule has 0 bridgehead atoms. The normalized spacial score (nSPS) is 17.9. The number of hydrogen-bond donors (Lipinski definition) is 4. The summed E-state index contributed by atoms with van der Waals surface area (Å²) in [7, 11) is 0. The summed E-state index contributed by atoms with van der Waals surface area (Å²) in [6.45, 7) is 4.24. The van der Waals surface area contributed by atoms with Crippen molar-refractivity contribution in [1.82, 2.24) is 21.3 Å². The van der Waals surface area contributed by atoms with Crippen LogP contribution in [0.5, 0.6) is 17.2 Å². The highest BCUT2D eigenvalue weighted by molar-refractivity contribution is 6.31. The first kappa shape index (κ1) is 35.0. The minimum Gasteiger partial charge on any atom is -0.492 e. The fourth-order valence-corrected chi connectivity index (χ4v) is 4.82. The molecular formula is C34H38ClFN4O7. The second kappa shape index (κ2) is 17.2. The number of rotatable bonds is 6. The molecule has 0 aliphatic carbocycles. The van der Waals surface area contributed by atoms with Crippen molar-refractivity contribution in [3.8, 4) is 17.2 Å². The summed E-state index contributed by atoms with van der Waals surface area (Å²) in [6, 6.07) is 15.2. The third-order valence-corrected chi connectivity index (χ3v) is 7.53. The van der Waals surface area contributed by atoms with E-state index >= 15 is 0 Å². The predicted octanol–water partition coefficient (Wildman–Crippen LogP) is 3.89. The Labute approximate surface area is 277 Å². The fourth-order valence-electron chi connectivity index (χ4n) is 4.64. The van der Waals surface area contributed by atoms with Gasteiger partial charge in [0, 0.05) is 11.4 Å². The van der Waals surface area contributed by atoms with E-state index in [0.29, 0.717) is 16.5 Å². The summed E-state index contributed by atoms with van der Waals surface area (Å²) >= 11 is 6.17. The van der Waals surface area contributed by atoms with Crippen molar-refractivity contribution >= 4 is 35.2 Å². The summed E-state index contributed by atoms with van der Waals surface area (Å²) in [4.78, 5) is 52.8. The average Bonchev–Trinajstić information content (AvgIpc) is 3.05. The van der Waals surface area contributed by atoms with Crippen LogP contribution in [0.4, 0.5) is 4.39 Å². The average molecular weight is 669 g/mol. The molecule has 0 aromatic heterocycles. The number of ether oxygens (including phenoxy) is 3. The maximum absolute atomic E-state index is 13.4. The Morgan fingerprint density at radius 2 is 1.72 bits per heavy atom. The Hall–Kier alpha value is -4.84. The van der Waals surface area contributed by atoms with Gasteiger partial charge in [0.1, 0.15) is 48.9 Å². The van der Waals surface area contributed by atoms with Gasteiger partial charge in [-0.05, 0) is 66.9 Å². The van der Waals surface area contributed by atoms with Crippen LogP contribution in [-0.4, -0.2) is 68.6 Å². The summed E-state index contributed by atoms with van der Waals surface area (Å²) in [5.41, 5.74) is 0.394. The van der Waals surface area contributed by atoms with Crippen molar-refractivity contribution in [3.63, 3.8) is 0 Å². The van der Waals surface area contributed by atoms with E-state index in [4.69, 9.17) is 25.8 Å². The zero-order valence-electron chi connectivity index (χ0n) is 26.1. The number of amides is 4. The summed E-state index contributed by atoms with van der Waals surface area (Å²) in [5.74, 6) is -1.34. The molecule has 250 valence electrons. The third kappa shape index (κ3) is 10.6. The van der Waals surface area contributed by atoms with Crippen molar-refractivity contribution in [1.29, 1.82) is 0 Å². The number of hydrogen-bond acceptors (Lipinski definition) is 7. The molecule has 11 nitrogen and oxygen atoms in total. The predicted molar refractivity (Wildman–Crippen MR) is 173 cm³/mol. The van der Waals surface area contributed by atoms with Gasteiger partial charge in [0.25, 0.3) is 11.8 Å². The van der Waals surface area contributed by atoms with Gasteiger partial charge in [0.2, 0.25) is 11.8 Å². The van der Waals surface area contributed by atoms with Crippen LogP contribution in [0.1, 0.15) is 47.4 Å². The van der Waals surface area contributed by atoms with Crippen molar-refractivity contribution in [2.75, 3.05) is 32.9 Å². The van der Waals surface area contributed by atoms with E-state index < -0.39 is 35.6 Å². The molecule has 3 aromatic carbocycles. The first-order valence-corrected chi connectivity index (χ1v) is 15.7. The van der Waals surface area contributed by atoms with E-state index in [1.54, 1.807) is 36.4 Å². The van der Waals surface area contributed by atoms with Crippen LogP contribution >= 0.6 is 11.6 Å². The lowest BCUT2D eigenvalue weighted by molar-refractivity contribution is -0.124. The largest absolute Gasteiger partial charge is 0.492 e. The first-order valence-electron chi connectivity index (χ1n) is 15.3. The highest BCUT2D eigenvalue weighted by Crippen LogP contribution is 2.24. The minimum absolute atomic E-state index is 0.00330. The highest BCUT2D eigenvalue weighted by atomic mass is 35.5. The maximum Gasteiger partial charge on any atom is 0.255 e. The van der Waals surface area contributed by atoms with E-state index in [2.05, 4.69) is 21.3 Å². The van der Waals surface area contributed by atoms with E-state index in [1.807, 2.05) is 13.8 Å². The van der Waals surface area contributed by atoms with Crippen LogP contribution in [0, 0.1) is 11.7 Å². The number of carbonyl (C=O) groups is 4. The number of halogens is 2. The lowest BCUT2D eigenvalue weighted by Gasteiger charge is -2.24. The van der Waals surface area contributed by atoms with Crippen molar-refractivity contribution < 1.29 is 37.8 Å². The van der Waals surface area contributed by atoms with E-state index in [0.717, 1.165) is 0 Å². The van der Waals surface area contributed by atoms with E-state index in [9.17, 15) is 23.6 Å². The highest BCUT2D eigenvalue weighted by Gasteiger charge is 2.26. The molecule has 1 aliphatic heterocycles. The Morgan fingerprint density at radius 3 is 2.49 bits per heavy atom. The molecule has 3 aromatic rings. The molecule has 4 amide bonds. The van der Waals surface area contributed by atoms with Crippen molar-refractivity contribution in [2.45, 2.75) is 38.8 Å². The second-order valence-corrected chi connectivity index (χ2v) is 11.6. The molecule has 13 heteroatoms. The van der Waals surface area contributed by atoms with Gasteiger partial charge in [-0.25, -0.2) is 4.39 Å². The second-order valence-electron chi connectivity index (χ2n) is 11.1. The van der Waals surface area contributed by atoms with Gasteiger partial charge in [-0.15, -0.1) is 0 Å². The number of nitrogens with one attached hydrogen (secondary N) is 4. The Bertz CT molecular complexity index is 1550. The van der Waals surface area contributed by atoms with Crippen molar-refractivity contribution in [3.05, 3.63) is 88.7 Å². The molecule has 1 aliphatic rings. The van der Waals surface area contributed by atoms with Gasteiger partial charge in [-0.2, -0.15) is 0 Å². The van der Waals surface area contributed by atoms with Gasteiger partial charge in [0.15, 0.2) is 0 Å².